The summed E-state index contributed by atoms with van der Waals surface area (Å²) in [5, 5.41) is 12.8. The topological polar surface area (TPSA) is 69.6 Å². The van der Waals surface area contributed by atoms with Gasteiger partial charge in [-0.25, -0.2) is 4.68 Å². The highest BCUT2D eigenvalue weighted by Crippen LogP contribution is 2.38. The van der Waals surface area contributed by atoms with E-state index in [9.17, 15) is 0 Å². The van der Waals surface area contributed by atoms with Crippen LogP contribution >= 0.6 is 27.7 Å². The van der Waals surface area contributed by atoms with Crippen molar-refractivity contribution in [2.75, 3.05) is 0 Å². The molecule has 0 aliphatic heterocycles. The van der Waals surface area contributed by atoms with Gasteiger partial charge in [0.05, 0.1) is 6.04 Å². The van der Waals surface area contributed by atoms with Crippen LogP contribution in [0.4, 0.5) is 0 Å². The van der Waals surface area contributed by atoms with Gasteiger partial charge in [0.2, 0.25) is 5.16 Å². The standard InChI is InChI=1S/C14H18BrN5S/c1-2-10(16)7-9-3-6-12(8-13(9)15)21-14-17-18-19-20(14)11-4-5-11/h3,6,8,10-11H,2,4-5,7,16H2,1H3. The summed E-state index contributed by atoms with van der Waals surface area (Å²) < 4.78 is 3.03. The van der Waals surface area contributed by atoms with Gasteiger partial charge in [-0.2, -0.15) is 0 Å². The number of nitrogens with zero attached hydrogens (tertiary/aromatic N) is 4. The van der Waals surface area contributed by atoms with Gasteiger partial charge in [0.1, 0.15) is 0 Å². The molecular weight excluding hydrogens is 350 g/mol. The lowest BCUT2D eigenvalue weighted by molar-refractivity contribution is 0.565. The first-order chi connectivity index (χ1) is 10.2. The quantitative estimate of drug-likeness (QED) is 0.848. The molecule has 1 unspecified atom stereocenters. The highest BCUT2D eigenvalue weighted by atomic mass is 79.9. The molecule has 1 saturated carbocycles. The molecule has 2 N–H and O–H groups in total. The molecule has 0 amide bonds. The van der Waals surface area contributed by atoms with E-state index in [4.69, 9.17) is 5.73 Å². The molecule has 1 atom stereocenters. The van der Waals surface area contributed by atoms with Gasteiger partial charge in [-0.3, -0.25) is 0 Å². The summed E-state index contributed by atoms with van der Waals surface area (Å²) in [5.41, 5.74) is 7.27. The summed E-state index contributed by atoms with van der Waals surface area (Å²) in [6.45, 7) is 2.11. The van der Waals surface area contributed by atoms with Crippen LogP contribution in [0.5, 0.6) is 0 Å². The van der Waals surface area contributed by atoms with Gasteiger partial charge in [-0.1, -0.05) is 28.9 Å². The molecule has 21 heavy (non-hydrogen) atoms. The second-order valence-corrected chi connectivity index (χ2v) is 7.26. The Morgan fingerprint density at radius 3 is 2.95 bits per heavy atom. The molecule has 2 aromatic rings. The number of nitrogens with two attached hydrogens (primary N) is 1. The zero-order valence-electron chi connectivity index (χ0n) is 11.9. The summed E-state index contributed by atoms with van der Waals surface area (Å²) >= 11 is 5.24. The predicted molar refractivity (Wildman–Crippen MR) is 86.3 cm³/mol. The molecule has 3 rings (SSSR count). The third-order valence-corrected chi connectivity index (χ3v) is 5.27. The molecule has 0 bridgehead atoms. The van der Waals surface area contributed by atoms with Crippen molar-refractivity contribution in [3.63, 3.8) is 0 Å². The maximum absolute atomic E-state index is 6.03. The first-order valence-electron chi connectivity index (χ1n) is 7.17. The van der Waals surface area contributed by atoms with Crippen molar-refractivity contribution < 1.29 is 0 Å². The molecule has 0 spiro atoms. The fourth-order valence-corrected chi connectivity index (χ4v) is 3.66. The minimum absolute atomic E-state index is 0.210. The monoisotopic (exact) mass is 367 g/mol. The Hall–Kier alpha value is -0.920. The van der Waals surface area contributed by atoms with E-state index in [0.717, 1.165) is 27.4 Å². The van der Waals surface area contributed by atoms with Gasteiger partial charge in [-0.15, -0.1) is 5.10 Å². The summed E-state index contributed by atoms with van der Waals surface area (Å²) in [5.74, 6) is 0. The zero-order chi connectivity index (χ0) is 14.8. The maximum Gasteiger partial charge on any atom is 0.214 e. The Balaban J connectivity index is 1.74. The van der Waals surface area contributed by atoms with Crippen molar-refractivity contribution in [3.8, 4) is 0 Å². The summed E-state index contributed by atoms with van der Waals surface area (Å²) in [6.07, 6.45) is 4.23. The van der Waals surface area contributed by atoms with E-state index in [0.29, 0.717) is 6.04 Å². The fourth-order valence-electron chi connectivity index (χ4n) is 2.09. The average Bonchev–Trinajstić information content (AvgIpc) is 3.22. The third kappa shape index (κ3) is 3.64. The molecule has 7 heteroatoms. The highest BCUT2D eigenvalue weighted by molar-refractivity contribution is 9.10. The number of benzene rings is 1. The van der Waals surface area contributed by atoms with Gasteiger partial charge < -0.3 is 5.73 Å². The lowest BCUT2D eigenvalue weighted by atomic mass is 10.1. The van der Waals surface area contributed by atoms with Gasteiger partial charge >= 0.3 is 0 Å². The van der Waals surface area contributed by atoms with E-state index >= 15 is 0 Å². The second kappa shape index (κ2) is 6.46. The van der Waals surface area contributed by atoms with Gasteiger partial charge in [0.25, 0.3) is 0 Å². The Morgan fingerprint density at radius 2 is 2.29 bits per heavy atom. The van der Waals surface area contributed by atoms with Crippen LogP contribution in [0.3, 0.4) is 0 Å². The maximum atomic E-state index is 6.03. The first kappa shape index (κ1) is 15.0. The van der Waals surface area contributed by atoms with Crippen LogP contribution < -0.4 is 5.73 Å². The van der Waals surface area contributed by atoms with Crippen molar-refractivity contribution in [1.82, 2.24) is 20.2 Å². The number of halogens is 1. The molecule has 1 aliphatic carbocycles. The van der Waals surface area contributed by atoms with Crippen LogP contribution in [-0.4, -0.2) is 26.2 Å². The van der Waals surface area contributed by atoms with Crippen molar-refractivity contribution in [2.24, 2.45) is 5.73 Å². The van der Waals surface area contributed by atoms with E-state index in [1.807, 2.05) is 4.68 Å². The van der Waals surface area contributed by atoms with Gasteiger partial charge in [0, 0.05) is 15.4 Å². The summed E-state index contributed by atoms with van der Waals surface area (Å²) in [6, 6.07) is 7.07. The lowest BCUT2D eigenvalue weighted by Gasteiger charge is -2.11. The van der Waals surface area contributed by atoms with E-state index in [-0.39, 0.29) is 6.04 Å². The number of hydrogen-bond acceptors (Lipinski definition) is 5. The number of tetrazole rings is 1. The SMILES string of the molecule is CCC(N)Cc1ccc(Sc2nnnn2C2CC2)cc1Br. The normalized spacial score (nSPS) is 16.1. The average molecular weight is 368 g/mol. The lowest BCUT2D eigenvalue weighted by Crippen LogP contribution is -2.21. The minimum Gasteiger partial charge on any atom is -0.327 e. The van der Waals surface area contributed by atoms with Crippen molar-refractivity contribution >= 4 is 27.7 Å². The number of hydrogen-bond donors (Lipinski definition) is 1. The highest BCUT2D eigenvalue weighted by Gasteiger charge is 2.28. The Morgan fingerprint density at radius 1 is 1.48 bits per heavy atom. The van der Waals surface area contributed by atoms with Gasteiger partial charge in [0.15, 0.2) is 0 Å². The van der Waals surface area contributed by atoms with Crippen LogP contribution in [0.25, 0.3) is 0 Å². The van der Waals surface area contributed by atoms with Crippen molar-refractivity contribution in [1.29, 1.82) is 0 Å². The Labute approximate surface area is 136 Å². The molecule has 5 nitrogen and oxygen atoms in total. The molecule has 1 aliphatic rings. The molecule has 0 saturated heterocycles. The molecule has 1 aromatic heterocycles. The van der Waals surface area contributed by atoms with Crippen LogP contribution in [0.15, 0.2) is 32.7 Å². The molecule has 1 heterocycles. The molecular formula is C14H18BrN5S. The van der Waals surface area contributed by atoms with Crippen molar-refractivity contribution in [3.05, 3.63) is 28.2 Å². The smallest absolute Gasteiger partial charge is 0.214 e. The van der Waals surface area contributed by atoms with Crippen LogP contribution in [0.2, 0.25) is 0 Å². The van der Waals surface area contributed by atoms with Crippen molar-refractivity contribution in [2.45, 2.75) is 54.7 Å². The predicted octanol–water partition coefficient (Wildman–Crippen LogP) is 3.20. The Bertz CT molecular complexity index is 626. The van der Waals surface area contributed by atoms with Crippen LogP contribution in [-0.2, 0) is 6.42 Å². The molecule has 0 radical (unpaired) electrons. The zero-order valence-corrected chi connectivity index (χ0v) is 14.3. The van der Waals surface area contributed by atoms with E-state index in [2.05, 4.69) is 56.6 Å². The Kier molecular flexibility index (Phi) is 4.61. The number of rotatable bonds is 6. The van der Waals surface area contributed by atoms with Gasteiger partial charge in [-0.05, 0) is 65.6 Å². The number of aromatic nitrogens is 4. The van der Waals surface area contributed by atoms with Crippen LogP contribution in [0, 0.1) is 0 Å². The van der Waals surface area contributed by atoms with E-state index in [1.54, 1.807) is 11.8 Å². The first-order valence-corrected chi connectivity index (χ1v) is 8.78. The fraction of sp³-hybridized carbons (Fsp3) is 0.500. The van der Waals surface area contributed by atoms with E-state index < -0.39 is 0 Å². The molecule has 1 aromatic carbocycles. The van der Waals surface area contributed by atoms with E-state index in [1.165, 1.54) is 18.4 Å². The minimum atomic E-state index is 0.210. The van der Waals surface area contributed by atoms with Crippen LogP contribution in [0.1, 0.15) is 37.8 Å². The second-order valence-electron chi connectivity index (χ2n) is 5.36. The third-order valence-electron chi connectivity index (χ3n) is 3.60. The molecule has 112 valence electrons. The summed E-state index contributed by atoms with van der Waals surface area (Å²) in [7, 11) is 0. The summed E-state index contributed by atoms with van der Waals surface area (Å²) in [4.78, 5) is 1.13. The largest absolute Gasteiger partial charge is 0.327 e. The molecule has 1 fully saturated rings.